The number of carbonyl (C=O) groups is 1. The van der Waals surface area contributed by atoms with Crippen LogP contribution in [0.4, 0.5) is 0 Å². The maximum atomic E-state index is 11.7. The first-order chi connectivity index (χ1) is 9.57. The van der Waals surface area contributed by atoms with Gasteiger partial charge in [0.05, 0.1) is 11.8 Å². The predicted octanol–water partition coefficient (Wildman–Crippen LogP) is 1.46. The van der Waals surface area contributed by atoms with Gasteiger partial charge in [-0.15, -0.1) is 0 Å². The van der Waals surface area contributed by atoms with Crippen LogP contribution in [0.3, 0.4) is 0 Å². The lowest BCUT2D eigenvalue weighted by Gasteiger charge is -2.16. The zero-order valence-electron chi connectivity index (χ0n) is 13.6. The van der Waals surface area contributed by atoms with Crippen LogP contribution in [0.5, 0.6) is 0 Å². The summed E-state index contributed by atoms with van der Waals surface area (Å²) in [6.07, 6.45) is 3.77. The zero-order valence-corrected chi connectivity index (χ0v) is 14.4. The molecule has 1 amide bonds. The number of nitrogens with one attached hydrogen (secondary N) is 1. The maximum absolute atomic E-state index is 11.7. The number of amides is 1. The highest BCUT2D eigenvalue weighted by atomic mass is 32.2. The highest BCUT2D eigenvalue weighted by molar-refractivity contribution is 7.90. The Labute approximate surface area is 128 Å². The Bertz CT molecular complexity index is 439. The van der Waals surface area contributed by atoms with Gasteiger partial charge in [-0.2, -0.15) is 4.40 Å². The Kier molecular flexibility index (Phi) is 8.73. The monoisotopic (exact) mass is 319 g/mol. The summed E-state index contributed by atoms with van der Waals surface area (Å²) in [4.78, 5) is 11.6. The molecule has 0 aromatic heterocycles. The number of nitrogens with two attached hydrogens (primary N) is 1. The SMILES string of the molecule is CCCCNC(=O)[C@@H](N)CC=NS(=O)(=O)CCC(C)(C)C. The quantitative estimate of drug-likeness (QED) is 0.496. The molecule has 0 unspecified atom stereocenters. The number of nitrogens with zero attached hydrogens (tertiary/aromatic N) is 1. The largest absolute Gasteiger partial charge is 0.355 e. The summed E-state index contributed by atoms with van der Waals surface area (Å²) in [5.41, 5.74) is 5.62. The molecule has 0 heterocycles. The first-order valence-corrected chi connectivity index (χ1v) is 8.98. The van der Waals surface area contributed by atoms with Crippen LogP contribution in [0.25, 0.3) is 0 Å². The summed E-state index contributed by atoms with van der Waals surface area (Å²) in [6.45, 7) is 8.54. The predicted molar refractivity (Wildman–Crippen MR) is 86.9 cm³/mol. The van der Waals surface area contributed by atoms with E-state index >= 15 is 0 Å². The van der Waals surface area contributed by atoms with Crippen molar-refractivity contribution in [3.05, 3.63) is 0 Å². The van der Waals surface area contributed by atoms with Crippen molar-refractivity contribution >= 4 is 22.1 Å². The zero-order chi connectivity index (χ0) is 16.5. The van der Waals surface area contributed by atoms with E-state index in [9.17, 15) is 13.2 Å². The highest BCUT2D eigenvalue weighted by Crippen LogP contribution is 2.19. The molecule has 0 bridgehead atoms. The fraction of sp³-hybridized carbons (Fsp3) is 0.857. The number of sulfonamides is 1. The maximum Gasteiger partial charge on any atom is 0.252 e. The summed E-state index contributed by atoms with van der Waals surface area (Å²) < 4.78 is 27.0. The second kappa shape index (κ2) is 9.15. The van der Waals surface area contributed by atoms with Gasteiger partial charge < -0.3 is 11.1 Å². The van der Waals surface area contributed by atoms with Crippen molar-refractivity contribution in [2.45, 2.75) is 59.4 Å². The molecule has 1 atom stereocenters. The number of rotatable bonds is 9. The Morgan fingerprint density at radius 2 is 2.00 bits per heavy atom. The molecular weight excluding hydrogens is 290 g/mol. The molecule has 0 aliphatic carbocycles. The van der Waals surface area contributed by atoms with Crippen molar-refractivity contribution in [3.8, 4) is 0 Å². The molecule has 6 nitrogen and oxygen atoms in total. The fourth-order valence-corrected chi connectivity index (χ4v) is 2.67. The lowest BCUT2D eigenvalue weighted by Crippen LogP contribution is -2.41. The average molecular weight is 319 g/mol. The van der Waals surface area contributed by atoms with Crippen molar-refractivity contribution in [2.24, 2.45) is 15.5 Å². The van der Waals surface area contributed by atoms with Gasteiger partial charge in [-0.25, -0.2) is 8.42 Å². The molecule has 0 aromatic carbocycles. The van der Waals surface area contributed by atoms with E-state index in [4.69, 9.17) is 5.73 Å². The van der Waals surface area contributed by atoms with Gasteiger partial charge in [0.15, 0.2) is 0 Å². The first kappa shape index (κ1) is 20.1. The van der Waals surface area contributed by atoms with Gasteiger partial charge in [-0.1, -0.05) is 34.1 Å². The van der Waals surface area contributed by atoms with Crippen LogP contribution in [0.1, 0.15) is 53.4 Å². The molecule has 7 heteroatoms. The number of hydrogen-bond donors (Lipinski definition) is 2. The molecule has 0 saturated heterocycles. The molecule has 0 aromatic rings. The smallest absolute Gasteiger partial charge is 0.252 e. The van der Waals surface area contributed by atoms with Crippen LogP contribution in [0, 0.1) is 5.41 Å². The van der Waals surface area contributed by atoms with E-state index in [1.807, 2.05) is 27.7 Å². The van der Waals surface area contributed by atoms with E-state index in [0.29, 0.717) is 13.0 Å². The third kappa shape index (κ3) is 11.4. The van der Waals surface area contributed by atoms with Gasteiger partial charge in [-0.3, -0.25) is 4.79 Å². The molecule has 3 N–H and O–H groups in total. The van der Waals surface area contributed by atoms with Crippen molar-refractivity contribution in [1.82, 2.24) is 5.32 Å². The van der Waals surface area contributed by atoms with Gasteiger partial charge in [0, 0.05) is 19.2 Å². The molecule has 0 saturated carbocycles. The molecule has 0 aliphatic heterocycles. The molecular formula is C14H29N3O3S. The number of hydrogen-bond acceptors (Lipinski definition) is 4. The summed E-state index contributed by atoms with van der Waals surface area (Å²) in [5, 5.41) is 2.70. The molecule has 0 aliphatic rings. The van der Waals surface area contributed by atoms with E-state index in [1.165, 1.54) is 6.21 Å². The van der Waals surface area contributed by atoms with E-state index in [2.05, 4.69) is 9.71 Å². The Hall–Kier alpha value is -0.950. The van der Waals surface area contributed by atoms with Crippen LogP contribution in [0.2, 0.25) is 0 Å². The van der Waals surface area contributed by atoms with Crippen LogP contribution in [-0.4, -0.2) is 38.9 Å². The Morgan fingerprint density at radius 3 is 2.52 bits per heavy atom. The lowest BCUT2D eigenvalue weighted by molar-refractivity contribution is -0.122. The van der Waals surface area contributed by atoms with Gasteiger partial charge in [-0.05, 0) is 18.3 Å². The van der Waals surface area contributed by atoms with Crippen LogP contribution in [0.15, 0.2) is 4.40 Å². The molecule has 0 fully saturated rings. The molecule has 0 radical (unpaired) electrons. The Morgan fingerprint density at radius 1 is 1.38 bits per heavy atom. The summed E-state index contributed by atoms with van der Waals surface area (Å²) in [7, 11) is -3.47. The minimum absolute atomic E-state index is 0.00490. The van der Waals surface area contributed by atoms with Gasteiger partial charge in [0.2, 0.25) is 5.91 Å². The molecule has 0 spiro atoms. The normalized spacial score (nSPS) is 14.3. The van der Waals surface area contributed by atoms with E-state index in [-0.39, 0.29) is 23.5 Å². The number of carbonyl (C=O) groups excluding carboxylic acids is 1. The van der Waals surface area contributed by atoms with E-state index in [1.54, 1.807) is 0 Å². The first-order valence-electron chi connectivity index (χ1n) is 7.37. The van der Waals surface area contributed by atoms with E-state index < -0.39 is 16.1 Å². The highest BCUT2D eigenvalue weighted by Gasteiger charge is 2.16. The second-order valence-corrected chi connectivity index (χ2v) is 8.15. The van der Waals surface area contributed by atoms with Crippen molar-refractivity contribution in [2.75, 3.05) is 12.3 Å². The van der Waals surface area contributed by atoms with Crippen LogP contribution < -0.4 is 11.1 Å². The van der Waals surface area contributed by atoms with Crippen LogP contribution in [-0.2, 0) is 14.8 Å². The van der Waals surface area contributed by atoms with Crippen molar-refractivity contribution < 1.29 is 13.2 Å². The summed E-state index contributed by atoms with van der Waals surface area (Å²) in [5.74, 6) is -0.271. The standard InChI is InChI=1S/C14H29N3O3S/c1-5-6-9-16-13(18)12(15)7-10-17-21(19,20)11-8-14(2,3)4/h10,12H,5-9,11,15H2,1-4H3,(H,16,18)/t12-/m0/s1. The van der Waals surface area contributed by atoms with Gasteiger partial charge in [0.1, 0.15) is 0 Å². The third-order valence-electron chi connectivity index (χ3n) is 2.87. The van der Waals surface area contributed by atoms with Gasteiger partial charge >= 0.3 is 0 Å². The fourth-order valence-electron chi connectivity index (χ4n) is 1.38. The van der Waals surface area contributed by atoms with Crippen molar-refractivity contribution in [3.63, 3.8) is 0 Å². The molecule has 21 heavy (non-hydrogen) atoms. The van der Waals surface area contributed by atoms with Gasteiger partial charge in [0.25, 0.3) is 10.0 Å². The third-order valence-corrected chi connectivity index (χ3v) is 4.06. The van der Waals surface area contributed by atoms with Crippen LogP contribution >= 0.6 is 0 Å². The number of unbranched alkanes of at least 4 members (excludes halogenated alkanes) is 1. The Balaban J connectivity index is 4.21. The van der Waals surface area contributed by atoms with Crippen molar-refractivity contribution in [1.29, 1.82) is 0 Å². The molecule has 124 valence electrons. The minimum atomic E-state index is -3.47. The summed E-state index contributed by atoms with van der Waals surface area (Å²) >= 11 is 0. The molecule has 0 rings (SSSR count). The van der Waals surface area contributed by atoms with E-state index in [0.717, 1.165) is 12.8 Å². The second-order valence-electron chi connectivity index (χ2n) is 6.37. The minimum Gasteiger partial charge on any atom is -0.355 e. The topological polar surface area (TPSA) is 102 Å². The lowest BCUT2D eigenvalue weighted by atomic mass is 9.94. The average Bonchev–Trinajstić information content (AvgIpc) is 2.35. The summed E-state index contributed by atoms with van der Waals surface area (Å²) in [6, 6.07) is -0.761.